The number of hydrogen-bond donors (Lipinski definition) is 1. The van der Waals surface area contributed by atoms with Crippen LogP contribution < -0.4 is 0 Å². The number of benzene rings is 1. The molecule has 2 unspecified atom stereocenters. The Hall–Kier alpha value is -0.870. The fraction of sp³-hybridized carbons (Fsp3) is 0.533. The highest BCUT2D eigenvalue weighted by Gasteiger charge is 2.26. The third kappa shape index (κ3) is 3.80. The summed E-state index contributed by atoms with van der Waals surface area (Å²) in [6.07, 6.45) is 1.76. The highest BCUT2D eigenvalue weighted by Crippen LogP contribution is 2.20. The Morgan fingerprint density at radius 3 is 2.89 bits per heavy atom. The van der Waals surface area contributed by atoms with Gasteiger partial charge in [-0.15, -0.1) is 0 Å². The van der Waals surface area contributed by atoms with Crippen molar-refractivity contribution in [2.45, 2.75) is 32.3 Å². The van der Waals surface area contributed by atoms with Crippen molar-refractivity contribution in [2.24, 2.45) is 5.92 Å². The second-order valence-electron chi connectivity index (χ2n) is 5.26. The van der Waals surface area contributed by atoms with E-state index in [1.165, 1.54) is 0 Å². The highest BCUT2D eigenvalue weighted by atomic mass is 79.9. The van der Waals surface area contributed by atoms with Gasteiger partial charge in [0.1, 0.15) is 0 Å². The van der Waals surface area contributed by atoms with Gasteiger partial charge in [0.25, 0.3) is 0 Å². The lowest BCUT2D eigenvalue weighted by Gasteiger charge is -2.34. The van der Waals surface area contributed by atoms with Gasteiger partial charge < -0.3 is 10.0 Å². The van der Waals surface area contributed by atoms with Crippen LogP contribution in [0.5, 0.6) is 0 Å². The highest BCUT2D eigenvalue weighted by molar-refractivity contribution is 9.10. The zero-order valence-corrected chi connectivity index (χ0v) is 12.8. The molecule has 1 heterocycles. The van der Waals surface area contributed by atoms with Gasteiger partial charge in [-0.25, -0.2) is 0 Å². The zero-order chi connectivity index (χ0) is 13.8. The van der Waals surface area contributed by atoms with E-state index in [9.17, 15) is 9.90 Å². The van der Waals surface area contributed by atoms with Crippen molar-refractivity contribution in [3.05, 3.63) is 34.3 Å². The van der Waals surface area contributed by atoms with E-state index in [-0.39, 0.29) is 12.0 Å². The Labute approximate surface area is 122 Å². The molecule has 4 heteroatoms. The van der Waals surface area contributed by atoms with Crippen LogP contribution in [0.2, 0.25) is 0 Å². The largest absolute Gasteiger partial charge is 0.391 e. The van der Waals surface area contributed by atoms with Gasteiger partial charge in [0.15, 0.2) is 0 Å². The molecule has 0 aliphatic carbocycles. The lowest BCUT2D eigenvalue weighted by atomic mass is 9.95. The van der Waals surface area contributed by atoms with Gasteiger partial charge in [-0.2, -0.15) is 0 Å². The molecule has 1 aromatic rings. The number of aryl methyl sites for hydroxylation is 1. The smallest absolute Gasteiger partial charge is 0.222 e. The first kappa shape index (κ1) is 14.5. The molecule has 1 fully saturated rings. The molecule has 1 N–H and O–H groups in total. The summed E-state index contributed by atoms with van der Waals surface area (Å²) < 4.78 is 1.05. The Morgan fingerprint density at radius 2 is 2.21 bits per heavy atom. The molecule has 0 saturated carbocycles. The number of halogens is 1. The quantitative estimate of drug-likeness (QED) is 0.928. The van der Waals surface area contributed by atoms with E-state index in [0.29, 0.717) is 18.9 Å². The van der Waals surface area contributed by atoms with Gasteiger partial charge in [0, 0.05) is 24.0 Å². The van der Waals surface area contributed by atoms with Crippen LogP contribution in [-0.2, 0) is 11.2 Å². The molecule has 1 amide bonds. The van der Waals surface area contributed by atoms with Crippen LogP contribution in [0.1, 0.15) is 25.3 Å². The Kier molecular flexibility index (Phi) is 4.99. The number of likely N-dealkylation sites (tertiary alicyclic amines) is 1. The second kappa shape index (κ2) is 6.53. The maximum absolute atomic E-state index is 12.1. The predicted octanol–water partition coefficient (Wildman–Crippen LogP) is 2.61. The summed E-state index contributed by atoms with van der Waals surface area (Å²) in [5.41, 5.74) is 1.15. The fourth-order valence-corrected chi connectivity index (χ4v) is 2.86. The van der Waals surface area contributed by atoms with Crippen molar-refractivity contribution in [2.75, 3.05) is 13.1 Å². The summed E-state index contributed by atoms with van der Waals surface area (Å²) in [4.78, 5) is 13.9. The van der Waals surface area contributed by atoms with Crippen molar-refractivity contribution >= 4 is 21.8 Å². The number of rotatable bonds is 3. The zero-order valence-electron chi connectivity index (χ0n) is 11.2. The third-order valence-corrected chi connectivity index (χ3v) is 4.61. The molecule has 1 saturated heterocycles. The summed E-state index contributed by atoms with van der Waals surface area (Å²) >= 11 is 3.49. The molecule has 1 aliphatic rings. The van der Waals surface area contributed by atoms with Crippen molar-refractivity contribution in [3.63, 3.8) is 0 Å². The van der Waals surface area contributed by atoms with Crippen LogP contribution in [0.4, 0.5) is 0 Å². The van der Waals surface area contributed by atoms with E-state index in [0.717, 1.165) is 29.4 Å². The van der Waals surface area contributed by atoms with E-state index in [1.807, 2.05) is 31.2 Å². The molecule has 104 valence electrons. The third-order valence-electron chi connectivity index (χ3n) is 3.84. The first-order valence-electron chi connectivity index (χ1n) is 6.77. The average molecular weight is 326 g/mol. The van der Waals surface area contributed by atoms with Crippen molar-refractivity contribution in [1.82, 2.24) is 4.90 Å². The van der Waals surface area contributed by atoms with E-state index >= 15 is 0 Å². The van der Waals surface area contributed by atoms with Crippen LogP contribution in [0.3, 0.4) is 0 Å². The maximum Gasteiger partial charge on any atom is 0.222 e. The molecule has 1 aromatic carbocycles. The van der Waals surface area contributed by atoms with Gasteiger partial charge in [-0.05, 0) is 30.4 Å². The molecular weight excluding hydrogens is 306 g/mol. The number of β-amino-alcohol motifs (C(OH)–C–C–N with tert-alkyl or cyclic N) is 1. The second-order valence-corrected chi connectivity index (χ2v) is 6.12. The van der Waals surface area contributed by atoms with Crippen molar-refractivity contribution < 1.29 is 9.90 Å². The fourth-order valence-electron chi connectivity index (χ4n) is 2.38. The molecule has 19 heavy (non-hydrogen) atoms. The number of nitrogens with zero attached hydrogens (tertiary/aromatic N) is 1. The number of carbonyl (C=O) groups excluding carboxylic acids is 1. The Bertz CT molecular complexity index is 450. The standard InChI is InChI=1S/C15H20BrNO2/c1-11-8-9-17(10-14(11)18)15(19)7-6-12-4-2-3-5-13(12)16/h2-5,11,14,18H,6-10H2,1H3. The van der Waals surface area contributed by atoms with E-state index in [1.54, 1.807) is 4.90 Å². The van der Waals surface area contributed by atoms with Gasteiger partial charge >= 0.3 is 0 Å². The van der Waals surface area contributed by atoms with Gasteiger partial charge in [-0.3, -0.25) is 4.79 Å². The minimum atomic E-state index is -0.374. The number of aliphatic hydroxyl groups is 1. The summed E-state index contributed by atoms with van der Waals surface area (Å²) in [6, 6.07) is 7.98. The number of hydrogen-bond acceptors (Lipinski definition) is 2. The SMILES string of the molecule is CC1CCN(C(=O)CCc2ccccc2Br)CC1O. The number of amides is 1. The van der Waals surface area contributed by atoms with Crippen molar-refractivity contribution in [3.8, 4) is 0 Å². The average Bonchev–Trinajstić information content (AvgIpc) is 2.40. The van der Waals surface area contributed by atoms with Gasteiger partial charge in [0.2, 0.25) is 5.91 Å². The minimum Gasteiger partial charge on any atom is -0.391 e. The first-order valence-corrected chi connectivity index (χ1v) is 7.56. The summed E-state index contributed by atoms with van der Waals surface area (Å²) in [5.74, 6) is 0.439. The monoisotopic (exact) mass is 325 g/mol. The number of carbonyl (C=O) groups is 1. The van der Waals surface area contributed by atoms with Crippen LogP contribution in [0, 0.1) is 5.92 Å². The van der Waals surface area contributed by atoms with E-state index < -0.39 is 0 Å². The number of aliphatic hydroxyl groups excluding tert-OH is 1. The molecule has 0 bridgehead atoms. The molecular formula is C15H20BrNO2. The Balaban J connectivity index is 1.87. The summed E-state index contributed by atoms with van der Waals surface area (Å²) in [6.45, 7) is 3.29. The van der Waals surface area contributed by atoms with Crippen LogP contribution >= 0.6 is 15.9 Å². The molecule has 0 aromatic heterocycles. The van der Waals surface area contributed by atoms with Crippen molar-refractivity contribution in [1.29, 1.82) is 0 Å². The van der Waals surface area contributed by atoms with E-state index in [4.69, 9.17) is 0 Å². The predicted molar refractivity (Wildman–Crippen MR) is 78.8 cm³/mol. The summed E-state index contributed by atoms with van der Waals surface area (Å²) in [5, 5.41) is 9.82. The van der Waals surface area contributed by atoms with Crippen LogP contribution in [0.25, 0.3) is 0 Å². The molecule has 3 nitrogen and oxygen atoms in total. The van der Waals surface area contributed by atoms with Gasteiger partial charge in [0.05, 0.1) is 6.10 Å². The first-order chi connectivity index (χ1) is 9.08. The minimum absolute atomic E-state index is 0.140. The lowest BCUT2D eigenvalue weighted by molar-refractivity contribution is -0.135. The van der Waals surface area contributed by atoms with Crippen LogP contribution in [-0.4, -0.2) is 35.1 Å². The molecule has 2 atom stereocenters. The van der Waals surface area contributed by atoms with E-state index in [2.05, 4.69) is 15.9 Å². The summed E-state index contributed by atoms with van der Waals surface area (Å²) in [7, 11) is 0. The number of piperidine rings is 1. The Morgan fingerprint density at radius 1 is 1.47 bits per heavy atom. The normalized spacial score (nSPS) is 23.4. The van der Waals surface area contributed by atoms with Gasteiger partial charge in [-0.1, -0.05) is 41.1 Å². The maximum atomic E-state index is 12.1. The lowest BCUT2D eigenvalue weighted by Crippen LogP contribution is -2.45. The molecule has 1 aliphatic heterocycles. The molecule has 0 radical (unpaired) electrons. The molecule has 0 spiro atoms. The topological polar surface area (TPSA) is 40.5 Å². The van der Waals surface area contributed by atoms with Crippen LogP contribution in [0.15, 0.2) is 28.7 Å². The molecule has 2 rings (SSSR count).